The van der Waals surface area contributed by atoms with Gasteiger partial charge in [-0.2, -0.15) is 0 Å². The molecule has 3 N–H and O–H groups in total. The summed E-state index contributed by atoms with van der Waals surface area (Å²) in [7, 11) is 0. The molecule has 2 unspecified atom stereocenters. The van der Waals surface area contributed by atoms with Crippen LogP contribution in [0, 0.1) is 5.92 Å². The first kappa shape index (κ1) is 15.5. The Morgan fingerprint density at radius 2 is 2.00 bits per heavy atom. The zero-order valence-corrected chi connectivity index (χ0v) is 13.7. The third kappa shape index (κ3) is 3.81. The Morgan fingerprint density at radius 3 is 2.60 bits per heavy atom. The van der Waals surface area contributed by atoms with Crippen LogP contribution in [0.4, 0.5) is 0 Å². The van der Waals surface area contributed by atoms with Gasteiger partial charge in [-0.05, 0) is 24.4 Å². The fourth-order valence-corrected chi connectivity index (χ4v) is 2.88. The highest BCUT2D eigenvalue weighted by Crippen LogP contribution is 2.27. The lowest BCUT2D eigenvalue weighted by molar-refractivity contribution is 0.340. The molecular formula is C17H23BrN2. The maximum atomic E-state index is 6.42. The standard InChI is InChI=1S/C17H23BrN2/c1-13(2)12-20-17(9-8-15(18)10-16(17)19)11-14-6-4-3-5-7-14/h3-10,13,16,20H,11-12,19H2,1-2H3. The molecule has 2 rings (SSSR count). The third-order valence-electron chi connectivity index (χ3n) is 3.65. The van der Waals surface area contributed by atoms with E-state index < -0.39 is 0 Å². The van der Waals surface area contributed by atoms with Gasteiger partial charge < -0.3 is 11.1 Å². The topological polar surface area (TPSA) is 38.0 Å². The second-order valence-electron chi connectivity index (χ2n) is 5.89. The summed E-state index contributed by atoms with van der Waals surface area (Å²) in [4.78, 5) is 0. The lowest BCUT2D eigenvalue weighted by Gasteiger charge is -2.39. The van der Waals surface area contributed by atoms with Gasteiger partial charge in [0.2, 0.25) is 0 Å². The maximum Gasteiger partial charge on any atom is 0.0599 e. The molecule has 0 spiro atoms. The normalized spacial score (nSPS) is 25.9. The fourth-order valence-electron chi connectivity index (χ4n) is 2.46. The van der Waals surface area contributed by atoms with E-state index in [9.17, 15) is 0 Å². The summed E-state index contributed by atoms with van der Waals surface area (Å²) in [5, 5.41) is 3.68. The largest absolute Gasteiger partial charge is 0.323 e. The Labute approximate surface area is 130 Å². The number of allylic oxidation sites excluding steroid dienone is 2. The van der Waals surface area contributed by atoms with Crippen LogP contribution in [0.5, 0.6) is 0 Å². The Kier molecular flexibility index (Phi) is 5.19. The maximum absolute atomic E-state index is 6.42. The molecule has 108 valence electrons. The first-order valence-electron chi connectivity index (χ1n) is 7.13. The van der Waals surface area contributed by atoms with Crippen molar-refractivity contribution in [3.63, 3.8) is 0 Å². The molecule has 0 amide bonds. The molecule has 3 heteroatoms. The molecule has 2 atom stereocenters. The quantitative estimate of drug-likeness (QED) is 0.866. The molecule has 0 aromatic heterocycles. The predicted octanol–water partition coefficient (Wildman–Crippen LogP) is 3.39. The van der Waals surface area contributed by atoms with Crippen molar-refractivity contribution in [2.75, 3.05) is 6.54 Å². The van der Waals surface area contributed by atoms with Crippen LogP contribution in [0.2, 0.25) is 0 Å². The molecule has 20 heavy (non-hydrogen) atoms. The van der Waals surface area contributed by atoms with Gasteiger partial charge in [0.25, 0.3) is 0 Å². The van der Waals surface area contributed by atoms with Gasteiger partial charge in [0.15, 0.2) is 0 Å². The van der Waals surface area contributed by atoms with Crippen molar-refractivity contribution in [3.05, 3.63) is 58.6 Å². The first-order valence-corrected chi connectivity index (χ1v) is 7.92. The highest BCUT2D eigenvalue weighted by Gasteiger charge is 2.34. The zero-order valence-electron chi connectivity index (χ0n) is 12.1. The fraction of sp³-hybridized carbons (Fsp3) is 0.412. The minimum absolute atomic E-state index is 0.0409. The molecule has 0 saturated carbocycles. The molecular weight excluding hydrogens is 312 g/mol. The van der Waals surface area contributed by atoms with E-state index in [4.69, 9.17) is 5.73 Å². The number of rotatable bonds is 5. The van der Waals surface area contributed by atoms with E-state index in [1.54, 1.807) is 0 Å². The number of hydrogen-bond acceptors (Lipinski definition) is 2. The molecule has 1 aliphatic rings. The van der Waals surface area contributed by atoms with E-state index >= 15 is 0 Å². The second-order valence-corrected chi connectivity index (χ2v) is 6.80. The van der Waals surface area contributed by atoms with Gasteiger partial charge in [0, 0.05) is 10.5 Å². The first-order chi connectivity index (χ1) is 9.52. The average Bonchev–Trinajstić information content (AvgIpc) is 2.42. The molecule has 0 heterocycles. The van der Waals surface area contributed by atoms with Gasteiger partial charge >= 0.3 is 0 Å². The summed E-state index contributed by atoms with van der Waals surface area (Å²) in [6.45, 7) is 5.39. The summed E-state index contributed by atoms with van der Waals surface area (Å²) in [6, 6.07) is 10.5. The molecule has 0 radical (unpaired) electrons. The van der Waals surface area contributed by atoms with Gasteiger partial charge in [0.1, 0.15) is 0 Å². The number of halogens is 1. The molecule has 0 saturated heterocycles. The van der Waals surface area contributed by atoms with Crippen LogP contribution >= 0.6 is 15.9 Å². The van der Waals surface area contributed by atoms with Crippen LogP contribution in [0.15, 0.2) is 53.0 Å². The summed E-state index contributed by atoms with van der Waals surface area (Å²) >= 11 is 3.51. The van der Waals surface area contributed by atoms with E-state index in [1.807, 2.05) is 6.07 Å². The van der Waals surface area contributed by atoms with E-state index in [-0.39, 0.29) is 11.6 Å². The summed E-state index contributed by atoms with van der Waals surface area (Å²) < 4.78 is 1.06. The van der Waals surface area contributed by atoms with Crippen molar-refractivity contribution in [1.82, 2.24) is 5.32 Å². The third-order valence-corrected chi connectivity index (χ3v) is 4.18. The molecule has 0 aliphatic heterocycles. The van der Waals surface area contributed by atoms with Gasteiger partial charge in [-0.3, -0.25) is 0 Å². The number of benzene rings is 1. The van der Waals surface area contributed by atoms with E-state index in [2.05, 4.69) is 77.6 Å². The van der Waals surface area contributed by atoms with Gasteiger partial charge in [-0.15, -0.1) is 0 Å². The molecule has 1 aliphatic carbocycles. The van der Waals surface area contributed by atoms with Crippen LogP contribution < -0.4 is 11.1 Å². The van der Waals surface area contributed by atoms with Crippen LogP contribution in [-0.4, -0.2) is 18.1 Å². The lowest BCUT2D eigenvalue weighted by Crippen LogP contribution is -2.59. The minimum atomic E-state index is -0.205. The highest BCUT2D eigenvalue weighted by molar-refractivity contribution is 9.11. The average molecular weight is 335 g/mol. The summed E-state index contributed by atoms with van der Waals surface area (Å²) in [5.41, 5.74) is 7.51. The highest BCUT2D eigenvalue weighted by atomic mass is 79.9. The number of nitrogens with two attached hydrogens (primary N) is 1. The predicted molar refractivity (Wildman–Crippen MR) is 89.8 cm³/mol. The van der Waals surface area contributed by atoms with Crippen LogP contribution in [0.1, 0.15) is 19.4 Å². The Bertz CT molecular complexity index is 493. The van der Waals surface area contributed by atoms with E-state index in [0.29, 0.717) is 5.92 Å². The van der Waals surface area contributed by atoms with Gasteiger partial charge in [-0.1, -0.05) is 78.3 Å². The van der Waals surface area contributed by atoms with E-state index in [1.165, 1.54) is 5.56 Å². The monoisotopic (exact) mass is 334 g/mol. The van der Waals surface area contributed by atoms with Crippen LogP contribution in [0.25, 0.3) is 0 Å². The molecule has 1 aromatic rings. The van der Waals surface area contributed by atoms with Crippen molar-refractivity contribution >= 4 is 15.9 Å². The molecule has 1 aromatic carbocycles. The van der Waals surface area contributed by atoms with Crippen molar-refractivity contribution in [2.45, 2.75) is 31.8 Å². The lowest BCUT2D eigenvalue weighted by atomic mass is 9.81. The minimum Gasteiger partial charge on any atom is -0.323 e. The molecule has 0 bridgehead atoms. The molecule has 0 fully saturated rings. The van der Waals surface area contributed by atoms with Gasteiger partial charge in [0.05, 0.1) is 5.54 Å². The van der Waals surface area contributed by atoms with Crippen LogP contribution in [-0.2, 0) is 6.42 Å². The van der Waals surface area contributed by atoms with E-state index in [0.717, 1.165) is 17.4 Å². The summed E-state index contributed by atoms with van der Waals surface area (Å²) in [5.74, 6) is 0.595. The van der Waals surface area contributed by atoms with Crippen molar-refractivity contribution in [3.8, 4) is 0 Å². The smallest absolute Gasteiger partial charge is 0.0599 e. The van der Waals surface area contributed by atoms with Crippen molar-refractivity contribution < 1.29 is 0 Å². The second kappa shape index (κ2) is 6.70. The zero-order chi connectivity index (χ0) is 14.6. The Hall–Kier alpha value is -0.900. The van der Waals surface area contributed by atoms with Gasteiger partial charge in [-0.25, -0.2) is 0 Å². The van der Waals surface area contributed by atoms with Crippen molar-refractivity contribution in [1.29, 1.82) is 0 Å². The van der Waals surface area contributed by atoms with Crippen LogP contribution in [0.3, 0.4) is 0 Å². The Balaban J connectivity index is 2.23. The Morgan fingerprint density at radius 1 is 1.30 bits per heavy atom. The number of hydrogen-bond donors (Lipinski definition) is 2. The molecule has 2 nitrogen and oxygen atoms in total. The summed E-state index contributed by atoms with van der Waals surface area (Å²) in [6.07, 6.45) is 7.28. The van der Waals surface area contributed by atoms with Crippen molar-refractivity contribution in [2.24, 2.45) is 11.7 Å². The number of nitrogens with one attached hydrogen (secondary N) is 1. The SMILES string of the molecule is CC(C)CNC1(Cc2ccccc2)C=CC(Br)=CC1N.